The van der Waals surface area contributed by atoms with Crippen LogP contribution < -0.4 is 15.4 Å². The fraction of sp³-hybridized carbons (Fsp3) is 0.143. The van der Waals surface area contributed by atoms with Crippen LogP contribution in [0.15, 0.2) is 60.9 Å². The van der Waals surface area contributed by atoms with Crippen molar-refractivity contribution >= 4 is 29.1 Å². The monoisotopic (exact) mass is 392 g/mol. The third kappa shape index (κ3) is 5.07. The minimum atomic E-state index is -0.431. The highest BCUT2D eigenvalue weighted by atomic mass is 16.5. The number of nitrogens with zero attached hydrogens (tertiary/aromatic N) is 2. The number of carbonyl (C=O) groups is 2. The molecule has 1 heterocycles. The Balaban J connectivity index is 1.69. The van der Waals surface area contributed by atoms with E-state index in [1.54, 1.807) is 62.6 Å². The molecule has 2 N–H and O–H groups in total. The van der Waals surface area contributed by atoms with Crippen LogP contribution in [0.25, 0.3) is 0 Å². The topological polar surface area (TPSA) is 102 Å². The molecule has 0 radical (unpaired) electrons. The molecule has 0 saturated heterocycles. The zero-order chi connectivity index (χ0) is 20.6. The van der Waals surface area contributed by atoms with Crippen LogP contribution in [0, 0.1) is 0 Å². The van der Waals surface area contributed by atoms with Crippen molar-refractivity contribution in [3.8, 4) is 5.75 Å². The number of hydrogen-bond donors (Lipinski definition) is 2. The Hall–Kier alpha value is -3.94. The summed E-state index contributed by atoms with van der Waals surface area (Å²) in [6.45, 7) is 2.03. The molecular formula is C21H20N4O4. The highest BCUT2D eigenvalue weighted by Crippen LogP contribution is 2.20. The van der Waals surface area contributed by atoms with Gasteiger partial charge in [-0.05, 0) is 43.3 Å². The first-order chi connectivity index (χ1) is 14.1. The largest absolute Gasteiger partial charge is 0.497 e. The van der Waals surface area contributed by atoms with Crippen molar-refractivity contribution in [1.29, 1.82) is 0 Å². The van der Waals surface area contributed by atoms with Gasteiger partial charge in [-0.3, -0.25) is 4.79 Å². The molecule has 8 nitrogen and oxygen atoms in total. The smallest absolute Gasteiger partial charge is 0.340 e. The molecule has 0 aliphatic carbocycles. The first kappa shape index (κ1) is 19.8. The molecule has 1 amide bonds. The Bertz CT molecular complexity index is 988. The zero-order valence-electron chi connectivity index (χ0n) is 16.0. The highest BCUT2D eigenvalue weighted by molar-refractivity contribution is 6.02. The summed E-state index contributed by atoms with van der Waals surface area (Å²) in [5, 5.41) is 5.76. The Labute approximate surface area is 167 Å². The van der Waals surface area contributed by atoms with Gasteiger partial charge >= 0.3 is 5.97 Å². The molecule has 0 fully saturated rings. The van der Waals surface area contributed by atoms with Gasteiger partial charge in [0.2, 0.25) is 0 Å². The molecule has 29 heavy (non-hydrogen) atoms. The van der Waals surface area contributed by atoms with Crippen LogP contribution in [0.5, 0.6) is 5.75 Å². The number of rotatable bonds is 7. The lowest BCUT2D eigenvalue weighted by Crippen LogP contribution is -2.14. The molecule has 3 rings (SSSR count). The van der Waals surface area contributed by atoms with E-state index >= 15 is 0 Å². The van der Waals surface area contributed by atoms with Gasteiger partial charge in [-0.25, -0.2) is 14.8 Å². The van der Waals surface area contributed by atoms with Gasteiger partial charge < -0.3 is 20.1 Å². The molecule has 0 bridgehead atoms. The van der Waals surface area contributed by atoms with Gasteiger partial charge in [0.15, 0.2) is 0 Å². The lowest BCUT2D eigenvalue weighted by molar-refractivity contribution is 0.0527. The van der Waals surface area contributed by atoms with E-state index in [4.69, 9.17) is 9.47 Å². The number of carbonyl (C=O) groups excluding carboxylic acids is 2. The van der Waals surface area contributed by atoms with Gasteiger partial charge in [-0.2, -0.15) is 0 Å². The van der Waals surface area contributed by atoms with Crippen LogP contribution in [-0.2, 0) is 4.74 Å². The van der Waals surface area contributed by atoms with Crippen molar-refractivity contribution in [2.45, 2.75) is 6.92 Å². The third-order valence-electron chi connectivity index (χ3n) is 3.92. The molecule has 0 aliphatic heterocycles. The van der Waals surface area contributed by atoms with Crippen molar-refractivity contribution in [3.05, 3.63) is 72.2 Å². The Kier molecular flexibility index (Phi) is 6.36. The van der Waals surface area contributed by atoms with Crippen molar-refractivity contribution in [2.24, 2.45) is 0 Å². The molecule has 0 atom stereocenters. The van der Waals surface area contributed by atoms with E-state index in [1.165, 1.54) is 12.4 Å². The minimum absolute atomic E-state index is 0.157. The normalized spacial score (nSPS) is 10.1. The number of aromatic nitrogens is 2. The second-order valence-electron chi connectivity index (χ2n) is 5.86. The van der Waals surface area contributed by atoms with Crippen molar-refractivity contribution < 1.29 is 19.1 Å². The number of esters is 1. The van der Waals surface area contributed by atoms with Gasteiger partial charge in [-0.1, -0.05) is 12.1 Å². The Morgan fingerprint density at radius 2 is 1.76 bits per heavy atom. The summed E-state index contributed by atoms with van der Waals surface area (Å²) >= 11 is 0. The maximum atomic E-state index is 12.3. The first-order valence-electron chi connectivity index (χ1n) is 8.91. The lowest BCUT2D eigenvalue weighted by Gasteiger charge is -2.11. The molecule has 3 aromatic rings. The summed E-state index contributed by atoms with van der Waals surface area (Å²) in [5.74, 6) is 0.268. The summed E-state index contributed by atoms with van der Waals surface area (Å²) in [4.78, 5) is 32.7. The van der Waals surface area contributed by atoms with E-state index in [0.29, 0.717) is 28.5 Å². The molecule has 0 unspecified atom stereocenters. The molecule has 0 saturated carbocycles. The molecule has 0 spiro atoms. The predicted molar refractivity (Wildman–Crippen MR) is 109 cm³/mol. The van der Waals surface area contributed by atoms with Gasteiger partial charge in [0.25, 0.3) is 5.91 Å². The second kappa shape index (κ2) is 9.32. The molecular weight excluding hydrogens is 372 g/mol. The van der Waals surface area contributed by atoms with Crippen LogP contribution in [0.4, 0.5) is 17.2 Å². The number of hydrogen-bond acceptors (Lipinski definition) is 7. The van der Waals surface area contributed by atoms with E-state index in [0.717, 1.165) is 0 Å². The van der Waals surface area contributed by atoms with Crippen LogP contribution in [0.1, 0.15) is 27.8 Å². The van der Waals surface area contributed by atoms with Gasteiger partial charge in [0.05, 0.1) is 37.4 Å². The quantitative estimate of drug-likeness (QED) is 0.592. The van der Waals surface area contributed by atoms with E-state index in [1.807, 2.05) is 0 Å². The minimum Gasteiger partial charge on any atom is -0.497 e. The number of amides is 1. The zero-order valence-corrected chi connectivity index (χ0v) is 16.0. The maximum absolute atomic E-state index is 12.3. The highest BCUT2D eigenvalue weighted by Gasteiger charge is 2.13. The summed E-state index contributed by atoms with van der Waals surface area (Å²) < 4.78 is 10.1. The predicted octanol–water partition coefficient (Wildman–Crippen LogP) is 3.66. The van der Waals surface area contributed by atoms with Gasteiger partial charge in [-0.15, -0.1) is 0 Å². The number of anilines is 3. The number of nitrogens with one attached hydrogen (secondary N) is 2. The van der Waals surface area contributed by atoms with E-state index in [-0.39, 0.29) is 18.2 Å². The number of benzene rings is 2. The van der Waals surface area contributed by atoms with Gasteiger partial charge in [0.1, 0.15) is 17.3 Å². The average Bonchev–Trinajstić information content (AvgIpc) is 2.75. The SMILES string of the molecule is CCOC(=O)c1ccccc1Nc1cnc(C(=O)Nc2ccc(OC)cc2)cn1. The fourth-order valence-corrected chi connectivity index (χ4v) is 2.50. The maximum Gasteiger partial charge on any atom is 0.340 e. The molecule has 1 aromatic heterocycles. The van der Waals surface area contributed by atoms with Crippen LogP contribution in [0.2, 0.25) is 0 Å². The number of methoxy groups -OCH3 is 1. The van der Waals surface area contributed by atoms with Crippen molar-refractivity contribution in [1.82, 2.24) is 9.97 Å². The van der Waals surface area contributed by atoms with E-state index in [9.17, 15) is 9.59 Å². The fourth-order valence-electron chi connectivity index (χ4n) is 2.50. The summed E-state index contributed by atoms with van der Waals surface area (Å²) in [7, 11) is 1.57. The molecule has 8 heteroatoms. The summed E-state index contributed by atoms with van der Waals surface area (Å²) in [5.41, 5.74) is 1.70. The van der Waals surface area contributed by atoms with Crippen LogP contribution in [-0.4, -0.2) is 35.6 Å². The van der Waals surface area contributed by atoms with Crippen LogP contribution >= 0.6 is 0 Å². The average molecular weight is 392 g/mol. The Morgan fingerprint density at radius 1 is 1.00 bits per heavy atom. The molecule has 0 aliphatic rings. The molecule has 148 valence electrons. The number of para-hydroxylation sites is 1. The second-order valence-corrected chi connectivity index (χ2v) is 5.86. The summed E-state index contributed by atoms with van der Waals surface area (Å²) in [6, 6.07) is 13.9. The third-order valence-corrected chi connectivity index (χ3v) is 3.92. The van der Waals surface area contributed by atoms with E-state index in [2.05, 4.69) is 20.6 Å². The number of ether oxygens (including phenoxy) is 2. The summed E-state index contributed by atoms with van der Waals surface area (Å²) in [6.07, 6.45) is 2.78. The van der Waals surface area contributed by atoms with Crippen LogP contribution in [0.3, 0.4) is 0 Å². The first-order valence-corrected chi connectivity index (χ1v) is 8.91. The Morgan fingerprint density at radius 3 is 2.41 bits per heavy atom. The van der Waals surface area contributed by atoms with Crippen molar-refractivity contribution in [2.75, 3.05) is 24.4 Å². The lowest BCUT2D eigenvalue weighted by atomic mass is 10.2. The van der Waals surface area contributed by atoms with Gasteiger partial charge in [0, 0.05) is 5.69 Å². The standard InChI is InChI=1S/C21H20N4O4/c1-3-29-21(27)16-6-4-5-7-17(16)25-19-13-22-18(12-23-19)20(26)24-14-8-10-15(28-2)11-9-14/h4-13H,3H2,1-2H3,(H,23,25)(H,24,26). The molecule has 2 aromatic carbocycles. The van der Waals surface area contributed by atoms with E-state index < -0.39 is 5.97 Å². The van der Waals surface area contributed by atoms with Crippen molar-refractivity contribution in [3.63, 3.8) is 0 Å².